The zero-order valence-corrected chi connectivity index (χ0v) is 24.1. The van der Waals surface area contributed by atoms with Gasteiger partial charge in [0.15, 0.2) is 0 Å². The number of morpholine rings is 1. The number of ether oxygens (including phenoxy) is 1. The maximum Gasteiger partial charge on any atom is 0.241 e. The molecule has 4 aliphatic rings. The lowest BCUT2D eigenvalue weighted by atomic mass is 9.93. The minimum atomic E-state index is -0.393. The summed E-state index contributed by atoms with van der Waals surface area (Å²) in [6.07, 6.45) is 8.90. The molecular weight excluding hydrogens is 534 g/mol. The molecule has 0 saturated carbocycles. The highest BCUT2D eigenvalue weighted by Crippen LogP contribution is 2.27. The van der Waals surface area contributed by atoms with E-state index in [0.717, 1.165) is 80.6 Å². The summed E-state index contributed by atoms with van der Waals surface area (Å²) in [5, 5.41) is 1.07. The molecule has 2 saturated heterocycles. The third kappa shape index (κ3) is 6.53. The fourth-order valence-corrected chi connectivity index (χ4v) is 6.02. The Bertz CT molecular complexity index is 1200. The SMILES string of the molecule is Cc1ccc(Cl)cc1N1CCN(C(=O)CCCCCN2C(=O)C3C=C(N4CCOCC4)C=CC3=NC2=S)CC1. The van der Waals surface area contributed by atoms with Gasteiger partial charge >= 0.3 is 0 Å². The van der Waals surface area contributed by atoms with E-state index in [1.807, 2.05) is 41.3 Å². The molecule has 3 aliphatic heterocycles. The van der Waals surface area contributed by atoms with Gasteiger partial charge in [0.05, 0.1) is 18.9 Å². The average molecular weight is 570 g/mol. The number of rotatable bonds is 8. The van der Waals surface area contributed by atoms with Crippen molar-refractivity contribution in [3.05, 3.63) is 52.7 Å². The van der Waals surface area contributed by atoms with Crippen molar-refractivity contribution in [3.63, 3.8) is 0 Å². The van der Waals surface area contributed by atoms with Crippen LogP contribution >= 0.6 is 23.8 Å². The number of amides is 2. The van der Waals surface area contributed by atoms with Crippen molar-refractivity contribution in [1.29, 1.82) is 0 Å². The zero-order chi connectivity index (χ0) is 27.4. The molecule has 1 unspecified atom stereocenters. The standard InChI is InChI=1S/C29H36ClN5O3S/c1-21-6-7-22(30)19-26(21)33-11-13-34(14-12-33)27(36)5-3-2-4-10-35-28(37)24-20-23(32-15-17-38-18-16-32)8-9-25(24)31-29(35)39/h6-9,19-20,24H,2-5,10-18H2,1H3. The van der Waals surface area contributed by atoms with E-state index < -0.39 is 5.92 Å². The highest BCUT2D eigenvalue weighted by Gasteiger charge is 2.35. The summed E-state index contributed by atoms with van der Waals surface area (Å²) in [6.45, 7) is 8.71. The number of thiocarbonyl (C=S) groups is 1. The van der Waals surface area contributed by atoms with Gasteiger partial charge in [-0.25, -0.2) is 4.99 Å². The monoisotopic (exact) mass is 569 g/mol. The molecule has 0 radical (unpaired) electrons. The van der Waals surface area contributed by atoms with Gasteiger partial charge in [-0.1, -0.05) is 24.1 Å². The molecule has 1 aromatic rings. The van der Waals surface area contributed by atoms with Crippen LogP contribution < -0.4 is 4.90 Å². The number of allylic oxidation sites excluding steroid dienone is 2. The Labute approximate surface area is 240 Å². The molecule has 0 bridgehead atoms. The minimum absolute atomic E-state index is 0.0102. The van der Waals surface area contributed by atoms with Crippen molar-refractivity contribution in [2.24, 2.45) is 10.9 Å². The van der Waals surface area contributed by atoms with Crippen LogP contribution in [0.5, 0.6) is 0 Å². The van der Waals surface area contributed by atoms with Crippen molar-refractivity contribution in [2.45, 2.75) is 32.6 Å². The van der Waals surface area contributed by atoms with E-state index in [9.17, 15) is 9.59 Å². The second-order valence-corrected chi connectivity index (χ2v) is 11.2. The molecule has 208 valence electrons. The second kappa shape index (κ2) is 12.6. The van der Waals surface area contributed by atoms with Crippen LogP contribution in [0.1, 0.15) is 31.2 Å². The molecule has 0 spiro atoms. The number of nitrogens with zero attached hydrogens (tertiary/aromatic N) is 5. The summed E-state index contributed by atoms with van der Waals surface area (Å²) in [7, 11) is 0. The third-order valence-electron chi connectivity index (χ3n) is 7.86. The number of fused-ring (bicyclic) bond motifs is 1. The van der Waals surface area contributed by atoms with E-state index in [2.05, 4.69) is 21.7 Å². The van der Waals surface area contributed by atoms with E-state index in [4.69, 9.17) is 28.6 Å². The van der Waals surface area contributed by atoms with Gasteiger partial charge in [-0.2, -0.15) is 0 Å². The number of carbonyl (C=O) groups is 2. The number of hydrogen-bond acceptors (Lipinski definition) is 6. The van der Waals surface area contributed by atoms with Gasteiger partial charge in [-0.15, -0.1) is 0 Å². The predicted octanol–water partition coefficient (Wildman–Crippen LogP) is 3.83. The second-order valence-electron chi connectivity index (χ2n) is 10.4. The Kier molecular flexibility index (Phi) is 8.99. The number of halogens is 1. The van der Waals surface area contributed by atoms with Crippen LogP contribution in [0.25, 0.3) is 0 Å². The molecule has 2 fully saturated rings. The molecule has 10 heteroatoms. The van der Waals surface area contributed by atoms with Crippen LogP contribution in [-0.4, -0.2) is 96.4 Å². The average Bonchev–Trinajstić information content (AvgIpc) is 2.96. The van der Waals surface area contributed by atoms with Gasteiger partial charge in [0.25, 0.3) is 0 Å². The van der Waals surface area contributed by atoms with Gasteiger partial charge in [-0.3, -0.25) is 14.5 Å². The fraction of sp³-hybridized carbons (Fsp3) is 0.517. The van der Waals surface area contributed by atoms with E-state index in [1.165, 1.54) is 5.56 Å². The van der Waals surface area contributed by atoms with Gasteiger partial charge in [-0.05, 0) is 67.9 Å². The number of piperazine rings is 1. The normalized spacial score (nSPS) is 21.6. The first-order chi connectivity index (χ1) is 18.9. The zero-order valence-electron chi connectivity index (χ0n) is 22.5. The summed E-state index contributed by atoms with van der Waals surface area (Å²) >= 11 is 11.6. The molecule has 39 heavy (non-hydrogen) atoms. The first kappa shape index (κ1) is 27.8. The van der Waals surface area contributed by atoms with Crippen molar-refractivity contribution >= 4 is 52.1 Å². The van der Waals surface area contributed by atoms with Crippen LogP contribution in [0.4, 0.5) is 5.69 Å². The quantitative estimate of drug-likeness (QED) is 0.350. The van der Waals surface area contributed by atoms with Crippen LogP contribution in [0.2, 0.25) is 5.02 Å². The maximum atomic E-state index is 13.3. The van der Waals surface area contributed by atoms with Gasteiger partial charge in [0.2, 0.25) is 16.9 Å². The maximum absolute atomic E-state index is 13.3. The lowest BCUT2D eigenvalue weighted by Gasteiger charge is -2.37. The number of carbonyl (C=O) groups excluding carboxylic acids is 2. The number of anilines is 1. The number of benzene rings is 1. The fourth-order valence-electron chi connectivity index (χ4n) is 5.56. The van der Waals surface area contributed by atoms with Crippen LogP contribution in [0, 0.1) is 12.8 Å². The van der Waals surface area contributed by atoms with E-state index >= 15 is 0 Å². The summed E-state index contributed by atoms with van der Waals surface area (Å²) in [6, 6.07) is 5.95. The van der Waals surface area contributed by atoms with E-state index in [1.54, 1.807) is 4.90 Å². The first-order valence-corrected chi connectivity index (χ1v) is 14.6. The first-order valence-electron chi connectivity index (χ1n) is 13.9. The third-order valence-corrected chi connectivity index (χ3v) is 8.41. The Morgan fingerprint density at radius 2 is 1.82 bits per heavy atom. The van der Waals surface area contributed by atoms with Crippen LogP contribution in [0.3, 0.4) is 0 Å². The lowest BCUT2D eigenvalue weighted by Crippen LogP contribution is -2.49. The Balaban J connectivity index is 1.05. The molecule has 0 N–H and O–H groups in total. The number of aliphatic imine (C=N–C) groups is 1. The molecule has 3 heterocycles. The Hall–Kier alpha value is -2.75. The number of unbranched alkanes of at least 4 members (excludes halogenated alkanes) is 2. The van der Waals surface area contributed by atoms with Crippen molar-refractivity contribution < 1.29 is 14.3 Å². The highest BCUT2D eigenvalue weighted by molar-refractivity contribution is 7.80. The highest BCUT2D eigenvalue weighted by atomic mass is 35.5. The van der Waals surface area contributed by atoms with Gasteiger partial charge in [0.1, 0.15) is 5.92 Å². The summed E-state index contributed by atoms with van der Waals surface area (Å²) < 4.78 is 5.45. The van der Waals surface area contributed by atoms with Crippen molar-refractivity contribution in [3.8, 4) is 0 Å². The predicted molar refractivity (Wildman–Crippen MR) is 158 cm³/mol. The Morgan fingerprint density at radius 1 is 1.05 bits per heavy atom. The van der Waals surface area contributed by atoms with E-state index in [0.29, 0.717) is 31.3 Å². The summed E-state index contributed by atoms with van der Waals surface area (Å²) in [5.74, 6) is -0.203. The van der Waals surface area contributed by atoms with E-state index in [-0.39, 0.29) is 11.8 Å². The topological polar surface area (TPSA) is 68.7 Å². The molecule has 2 amide bonds. The Morgan fingerprint density at radius 3 is 2.59 bits per heavy atom. The molecule has 8 nitrogen and oxygen atoms in total. The molecule has 1 aromatic carbocycles. The molecule has 0 aromatic heterocycles. The van der Waals surface area contributed by atoms with Gasteiger partial charge in [0, 0.05) is 68.6 Å². The number of hydrogen-bond donors (Lipinski definition) is 0. The summed E-state index contributed by atoms with van der Waals surface area (Å²) in [5.41, 5.74) is 4.11. The van der Waals surface area contributed by atoms with Gasteiger partial charge < -0.3 is 19.4 Å². The molecule has 1 aliphatic carbocycles. The molecular formula is C29H36ClN5O3S. The minimum Gasteiger partial charge on any atom is -0.378 e. The van der Waals surface area contributed by atoms with Crippen molar-refractivity contribution in [1.82, 2.24) is 14.7 Å². The largest absolute Gasteiger partial charge is 0.378 e. The lowest BCUT2D eigenvalue weighted by molar-refractivity contribution is -0.132. The van der Waals surface area contributed by atoms with Crippen LogP contribution in [-0.2, 0) is 14.3 Å². The van der Waals surface area contributed by atoms with Crippen molar-refractivity contribution in [2.75, 3.05) is 63.9 Å². The molecule has 5 rings (SSSR count). The van der Waals surface area contributed by atoms with Crippen LogP contribution in [0.15, 0.2) is 47.1 Å². The summed E-state index contributed by atoms with van der Waals surface area (Å²) in [4.78, 5) is 38.8. The smallest absolute Gasteiger partial charge is 0.241 e. The number of aryl methyl sites for hydroxylation is 1. The molecule has 1 atom stereocenters.